The van der Waals surface area contributed by atoms with Crippen LogP contribution in [0, 0.1) is 24.7 Å². The molecular formula is C18H29B. The summed E-state index contributed by atoms with van der Waals surface area (Å²) >= 11 is 0. The zero-order chi connectivity index (χ0) is 14.8. The second-order valence-electron chi connectivity index (χ2n) is 7.20. The Morgan fingerprint density at radius 2 is 1.74 bits per heavy atom. The van der Waals surface area contributed by atoms with Crippen molar-refractivity contribution in [3.05, 3.63) is 42.0 Å². The Kier molecular flexibility index (Phi) is 4.71. The van der Waals surface area contributed by atoms with Crippen molar-refractivity contribution in [2.75, 3.05) is 0 Å². The smallest absolute Gasteiger partial charge is 0.103 e. The molecule has 0 aliphatic carbocycles. The highest BCUT2D eigenvalue weighted by Gasteiger charge is 2.36. The van der Waals surface area contributed by atoms with E-state index in [1.165, 1.54) is 22.9 Å². The summed E-state index contributed by atoms with van der Waals surface area (Å²) in [5.74, 6) is 0. The third kappa shape index (κ3) is 3.32. The Morgan fingerprint density at radius 1 is 1.16 bits per heavy atom. The number of aryl methyl sites for hydroxylation is 1. The molecule has 0 aliphatic rings. The zero-order valence-electron chi connectivity index (χ0n) is 13.8. The van der Waals surface area contributed by atoms with E-state index in [4.69, 9.17) is 0 Å². The molecule has 1 aromatic rings. The fourth-order valence-corrected chi connectivity index (χ4v) is 2.72. The van der Waals surface area contributed by atoms with Crippen LogP contribution in [0.15, 0.2) is 30.9 Å². The molecule has 1 aromatic carbocycles. The van der Waals surface area contributed by atoms with Crippen LogP contribution in [0.3, 0.4) is 0 Å². The van der Waals surface area contributed by atoms with Gasteiger partial charge in [0.1, 0.15) is 0 Å². The van der Waals surface area contributed by atoms with Crippen LogP contribution in [-0.2, 0) is 0 Å². The standard InChI is InChI=1S/C18H29B/c1-9-17(4,5)18(6,7)13-19(8)16-12-10-11-14(2)15(16)3/h9-12H,1,13H2,2-8H3. The summed E-state index contributed by atoms with van der Waals surface area (Å²) in [5.41, 5.74) is 4.73. The van der Waals surface area contributed by atoms with E-state index in [9.17, 15) is 0 Å². The van der Waals surface area contributed by atoms with Crippen LogP contribution < -0.4 is 5.46 Å². The number of allylic oxidation sites excluding steroid dienone is 1. The Balaban J connectivity index is 3.00. The maximum atomic E-state index is 4.01. The van der Waals surface area contributed by atoms with Crippen molar-refractivity contribution < 1.29 is 0 Å². The van der Waals surface area contributed by atoms with Crippen LogP contribution in [0.4, 0.5) is 0 Å². The maximum absolute atomic E-state index is 4.01. The van der Waals surface area contributed by atoms with Gasteiger partial charge in [-0.2, -0.15) is 0 Å². The van der Waals surface area contributed by atoms with Crippen LogP contribution in [0.2, 0.25) is 13.1 Å². The second kappa shape index (κ2) is 5.57. The van der Waals surface area contributed by atoms with Gasteiger partial charge in [-0.05, 0) is 30.2 Å². The van der Waals surface area contributed by atoms with Crippen molar-refractivity contribution in [3.8, 4) is 0 Å². The highest BCUT2D eigenvalue weighted by Crippen LogP contribution is 2.43. The van der Waals surface area contributed by atoms with Crippen LogP contribution in [-0.4, -0.2) is 6.71 Å². The van der Waals surface area contributed by atoms with Gasteiger partial charge in [0, 0.05) is 0 Å². The Hall–Kier alpha value is -0.975. The normalized spacial score (nSPS) is 12.4. The minimum atomic E-state index is 0.152. The van der Waals surface area contributed by atoms with Gasteiger partial charge in [0.2, 0.25) is 0 Å². The van der Waals surface area contributed by atoms with Crippen molar-refractivity contribution in [1.82, 2.24) is 0 Å². The predicted molar refractivity (Wildman–Crippen MR) is 89.7 cm³/mol. The predicted octanol–water partition coefficient (Wildman–Crippen LogP) is 4.87. The number of hydrogen-bond donors (Lipinski definition) is 0. The van der Waals surface area contributed by atoms with E-state index < -0.39 is 0 Å². The fraction of sp³-hybridized carbons (Fsp3) is 0.556. The van der Waals surface area contributed by atoms with Gasteiger partial charge in [0.15, 0.2) is 6.71 Å². The second-order valence-corrected chi connectivity index (χ2v) is 7.20. The summed E-state index contributed by atoms with van der Waals surface area (Å²) < 4.78 is 0. The fourth-order valence-electron chi connectivity index (χ4n) is 2.72. The minimum absolute atomic E-state index is 0.152. The Labute approximate surface area is 120 Å². The van der Waals surface area contributed by atoms with Crippen LogP contribution in [0.5, 0.6) is 0 Å². The van der Waals surface area contributed by atoms with Gasteiger partial charge >= 0.3 is 0 Å². The summed E-state index contributed by atoms with van der Waals surface area (Å²) in [6.45, 7) is 20.7. The van der Waals surface area contributed by atoms with Crippen LogP contribution in [0.25, 0.3) is 0 Å². The summed E-state index contributed by atoms with van der Waals surface area (Å²) in [6, 6.07) is 6.66. The first-order chi connectivity index (χ1) is 8.62. The molecule has 0 unspecified atom stereocenters. The van der Waals surface area contributed by atoms with E-state index in [1.54, 1.807) is 0 Å². The van der Waals surface area contributed by atoms with E-state index in [0.29, 0.717) is 6.71 Å². The molecule has 19 heavy (non-hydrogen) atoms. The van der Waals surface area contributed by atoms with Gasteiger partial charge in [-0.25, -0.2) is 0 Å². The van der Waals surface area contributed by atoms with Gasteiger partial charge in [0.25, 0.3) is 0 Å². The quantitative estimate of drug-likeness (QED) is 0.520. The SMILES string of the molecule is C=CC(C)(C)C(C)(C)CB(C)c1cccc(C)c1C. The highest BCUT2D eigenvalue weighted by atomic mass is 14.4. The van der Waals surface area contributed by atoms with Crippen LogP contribution in [0.1, 0.15) is 38.8 Å². The molecule has 0 atom stereocenters. The first-order valence-electron chi connectivity index (χ1n) is 7.32. The first-order valence-corrected chi connectivity index (χ1v) is 7.32. The van der Waals surface area contributed by atoms with E-state index in [-0.39, 0.29) is 10.8 Å². The molecule has 0 saturated carbocycles. The van der Waals surface area contributed by atoms with Crippen molar-refractivity contribution in [2.45, 2.75) is 54.7 Å². The molecule has 0 aliphatic heterocycles. The summed E-state index contributed by atoms with van der Waals surface area (Å²) in [5, 5.41) is 0. The van der Waals surface area contributed by atoms with Crippen molar-refractivity contribution in [2.24, 2.45) is 10.8 Å². The molecule has 0 amide bonds. The molecule has 0 nitrogen and oxygen atoms in total. The average molecular weight is 256 g/mol. The molecule has 0 bridgehead atoms. The molecule has 1 heteroatoms. The molecular weight excluding hydrogens is 227 g/mol. The minimum Gasteiger partial charge on any atom is -0.103 e. The Morgan fingerprint density at radius 3 is 2.26 bits per heavy atom. The topological polar surface area (TPSA) is 0 Å². The zero-order valence-corrected chi connectivity index (χ0v) is 13.8. The van der Waals surface area contributed by atoms with Gasteiger partial charge in [-0.1, -0.05) is 76.1 Å². The molecule has 104 valence electrons. The lowest BCUT2D eigenvalue weighted by molar-refractivity contribution is 0.192. The van der Waals surface area contributed by atoms with E-state index in [1.807, 2.05) is 0 Å². The molecule has 1 rings (SSSR count). The van der Waals surface area contributed by atoms with Crippen LogP contribution >= 0.6 is 0 Å². The first kappa shape index (κ1) is 16.1. The van der Waals surface area contributed by atoms with Gasteiger partial charge in [0.05, 0.1) is 0 Å². The number of benzene rings is 1. The van der Waals surface area contributed by atoms with Gasteiger partial charge in [-0.3, -0.25) is 0 Å². The van der Waals surface area contributed by atoms with E-state index in [2.05, 4.69) is 79.2 Å². The summed E-state index contributed by atoms with van der Waals surface area (Å²) in [7, 11) is 0. The van der Waals surface area contributed by atoms with E-state index >= 15 is 0 Å². The Bertz CT molecular complexity index is 455. The molecule has 0 saturated heterocycles. The molecule has 0 N–H and O–H groups in total. The van der Waals surface area contributed by atoms with Crippen molar-refractivity contribution >= 4 is 12.2 Å². The van der Waals surface area contributed by atoms with Gasteiger partial charge < -0.3 is 0 Å². The highest BCUT2D eigenvalue weighted by molar-refractivity contribution is 6.72. The summed E-state index contributed by atoms with van der Waals surface area (Å²) in [4.78, 5) is 0. The monoisotopic (exact) mass is 256 g/mol. The molecule has 0 spiro atoms. The molecule has 0 fully saturated rings. The summed E-state index contributed by atoms with van der Waals surface area (Å²) in [6.07, 6.45) is 3.28. The third-order valence-corrected chi connectivity index (χ3v) is 5.25. The third-order valence-electron chi connectivity index (χ3n) is 5.25. The lowest BCUT2D eigenvalue weighted by Crippen LogP contribution is -2.39. The average Bonchev–Trinajstić information content (AvgIpc) is 2.31. The van der Waals surface area contributed by atoms with E-state index in [0.717, 1.165) is 0 Å². The number of rotatable bonds is 5. The lowest BCUT2D eigenvalue weighted by Gasteiger charge is -2.41. The molecule has 0 aromatic heterocycles. The van der Waals surface area contributed by atoms with Gasteiger partial charge in [-0.15, -0.1) is 6.58 Å². The lowest BCUT2D eigenvalue weighted by atomic mass is 9.38. The molecule has 0 heterocycles. The number of hydrogen-bond acceptors (Lipinski definition) is 0. The largest absolute Gasteiger partial charge is 0.173 e. The maximum Gasteiger partial charge on any atom is 0.173 e. The molecule has 0 radical (unpaired) electrons. The van der Waals surface area contributed by atoms with Crippen molar-refractivity contribution in [1.29, 1.82) is 0 Å². The van der Waals surface area contributed by atoms with Crippen molar-refractivity contribution in [3.63, 3.8) is 0 Å².